The third kappa shape index (κ3) is 3.69. The maximum absolute atomic E-state index is 14.0. The Morgan fingerprint density at radius 1 is 1.18 bits per heavy atom. The third-order valence-electron chi connectivity index (χ3n) is 8.21. The molecule has 3 aliphatic rings. The van der Waals surface area contributed by atoms with E-state index in [1.165, 1.54) is 27.2 Å². The van der Waals surface area contributed by atoms with E-state index < -0.39 is 0 Å². The Morgan fingerprint density at radius 2 is 1.94 bits per heavy atom. The van der Waals surface area contributed by atoms with E-state index in [-0.39, 0.29) is 29.4 Å². The number of hydrogen-bond donors (Lipinski definition) is 1. The molecule has 0 spiro atoms. The average Bonchev–Trinajstić information content (AvgIpc) is 3.36. The minimum Gasteiger partial charge on any atom is -0.492 e. The zero-order valence-electron chi connectivity index (χ0n) is 21.7. The van der Waals surface area contributed by atoms with Crippen LogP contribution in [0.2, 0.25) is 0 Å². The summed E-state index contributed by atoms with van der Waals surface area (Å²) in [6.07, 6.45) is 3.45. The van der Waals surface area contributed by atoms with Crippen molar-refractivity contribution in [3.8, 4) is 17.2 Å². The van der Waals surface area contributed by atoms with Gasteiger partial charge in [-0.3, -0.25) is 4.79 Å². The van der Waals surface area contributed by atoms with Crippen LogP contribution in [0.15, 0.2) is 18.2 Å². The molecule has 0 saturated heterocycles. The molecule has 5 nitrogen and oxygen atoms in total. The van der Waals surface area contributed by atoms with Gasteiger partial charge in [0.05, 0.1) is 32.7 Å². The van der Waals surface area contributed by atoms with Gasteiger partial charge in [-0.05, 0) is 58.1 Å². The van der Waals surface area contributed by atoms with Crippen LogP contribution >= 0.6 is 0 Å². The number of methoxy groups -OCH3 is 1. The molecule has 2 aromatic rings. The van der Waals surface area contributed by atoms with Gasteiger partial charge < -0.3 is 19.1 Å². The largest absolute Gasteiger partial charge is 0.492 e. The molecule has 1 N–H and O–H groups in total. The molecule has 2 aliphatic heterocycles. The van der Waals surface area contributed by atoms with Crippen LogP contribution in [0.1, 0.15) is 91.7 Å². The molecular weight excluding hydrogens is 426 g/mol. The van der Waals surface area contributed by atoms with Gasteiger partial charge in [0.1, 0.15) is 6.04 Å². The summed E-state index contributed by atoms with van der Waals surface area (Å²) in [6.45, 7) is 12.5. The highest BCUT2D eigenvalue weighted by Gasteiger charge is 2.39. The van der Waals surface area contributed by atoms with Crippen molar-refractivity contribution in [3.05, 3.63) is 51.6 Å². The first kappa shape index (κ1) is 23.2. The number of carbonyl (C=O) groups is 1. The maximum Gasteiger partial charge on any atom is 0.231 e. The molecule has 0 fully saturated rings. The minimum absolute atomic E-state index is 0.0106. The van der Waals surface area contributed by atoms with Crippen molar-refractivity contribution in [3.63, 3.8) is 0 Å². The standard InChI is InChI=1S/C29H37NO4/c1-28(2,3)18-13-20(19-8-10-29(4,5)21(19)14-18)23(31)15-22-25-17(9-11-30(22)6)12-24-26(27(25)32-7)34-16-33-24/h12-14,22H,8-11,15-16H2,1-7H3/p+1/t22-/m1/s1. The molecule has 0 radical (unpaired) electrons. The molecule has 2 heterocycles. The Labute approximate surface area is 203 Å². The maximum atomic E-state index is 14.0. The van der Waals surface area contributed by atoms with E-state index in [1.54, 1.807) is 7.11 Å². The van der Waals surface area contributed by atoms with Crippen molar-refractivity contribution in [1.82, 2.24) is 0 Å². The van der Waals surface area contributed by atoms with Crippen LogP contribution in [0.25, 0.3) is 0 Å². The lowest BCUT2D eigenvalue weighted by Gasteiger charge is -2.33. The van der Waals surface area contributed by atoms with E-state index in [0.29, 0.717) is 12.2 Å². The van der Waals surface area contributed by atoms with Gasteiger partial charge in [0.15, 0.2) is 17.3 Å². The van der Waals surface area contributed by atoms with Crippen molar-refractivity contribution in [1.29, 1.82) is 0 Å². The van der Waals surface area contributed by atoms with Crippen LogP contribution in [0.5, 0.6) is 17.2 Å². The second-order valence-corrected chi connectivity index (χ2v) is 11.9. The lowest BCUT2D eigenvalue weighted by Crippen LogP contribution is -3.10. The number of rotatable bonds is 4. The predicted octanol–water partition coefficient (Wildman–Crippen LogP) is 4.33. The van der Waals surface area contributed by atoms with E-state index in [1.807, 2.05) is 0 Å². The van der Waals surface area contributed by atoms with Gasteiger partial charge in [-0.1, -0.05) is 40.7 Å². The molecule has 0 bridgehead atoms. The summed E-state index contributed by atoms with van der Waals surface area (Å²) in [5.74, 6) is 2.39. The Hall–Kier alpha value is -2.53. The summed E-state index contributed by atoms with van der Waals surface area (Å²) < 4.78 is 17.3. The number of ketones is 1. The summed E-state index contributed by atoms with van der Waals surface area (Å²) >= 11 is 0. The van der Waals surface area contributed by atoms with Crippen molar-refractivity contribution >= 4 is 5.78 Å². The predicted molar refractivity (Wildman–Crippen MR) is 133 cm³/mol. The number of likely N-dealkylation sites (N-methyl/N-ethyl adjacent to an activating group) is 1. The summed E-state index contributed by atoms with van der Waals surface area (Å²) in [6, 6.07) is 6.64. The van der Waals surface area contributed by atoms with Gasteiger partial charge in [0.25, 0.3) is 0 Å². The highest BCUT2D eigenvalue weighted by Crippen LogP contribution is 2.48. The summed E-state index contributed by atoms with van der Waals surface area (Å²) in [4.78, 5) is 15.4. The lowest BCUT2D eigenvalue weighted by atomic mass is 9.78. The Morgan fingerprint density at radius 3 is 2.65 bits per heavy atom. The number of hydrogen-bond acceptors (Lipinski definition) is 4. The van der Waals surface area contributed by atoms with E-state index in [4.69, 9.17) is 14.2 Å². The van der Waals surface area contributed by atoms with Crippen LogP contribution in [0.4, 0.5) is 0 Å². The molecule has 0 saturated carbocycles. The Bertz CT molecular complexity index is 1160. The topological polar surface area (TPSA) is 49.2 Å². The number of benzene rings is 2. The van der Waals surface area contributed by atoms with Crippen molar-refractivity contribution in [2.45, 2.75) is 77.2 Å². The summed E-state index contributed by atoms with van der Waals surface area (Å²) in [5.41, 5.74) is 7.19. The number of fused-ring (bicyclic) bond motifs is 3. The molecule has 182 valence electrons. The van der Waals surface area contributed by atoms with Crippen LogP contribution in [0.3, 0.4) is 0 Å². The van der Waals surface area contributed by atoms with Crippen LogP contribution in [0, 0.1) is 0 Å². The highest BCUT2D eigenvalue weighted by atomic mass is 16.7. The van der Waals surface area contributed by atoms with Crippen molar-refractivity contribution < 1.29 is 23.9 Å². The Kier molecular flexibility index (Phi) is 5.47. The fourth-order valence-electron chi connectivity index (χ4n) is 5.99. The summed E-state index contributed by atoms with van der Waals surface area (Å²) in [5, 5.41) is 0. The molecule has 2 atom stereocenters. The van der Waals surface area contributed by atoms with Gasteiger partial charge in [0.2, 0.25) is 12.5 Å². The fourth-order valence-corrected chi connectivity index (χ4v) is 5.99. The van der Waals surface area contributed by atoms with Crippen LogP contribution in [-0.4, -0.2) is 33.3 Å². The molecule has 2 aromatic carbocycles. The lowest BCUT2D eigenvalue weighted by molar-refractivity contribution is -0.913. The van der Waals surface area contributed by atoms with Gasteiger partial charge >= 0.3 is 0 Å². The first-order valence-corrected chi connectivity index (χ1v) is 12.5. The number of Topliss-reactive ketones (excluding diaryl/α,β-unsaturated/α-hetero) is 1. The second kappa shape index (κ2) is 8.01. The molecule has 34 heavy (non-hydrogen) atoms. The van der Waals surface area contributed by atoms with E-state index >= 15 is 0 Å². The van der Waals surface area contributed by atoms with E-state index in [9.17, 15) is 4.79 Å². The number of quaternary nitrogens is 1. The first-order chi connectivity index (χ1) is 16.0. The molecule has 5 heteroatoms. The van der Waals surface area contributed by atoms with Gasteiger partial charge in [-0.2, -0.15) is 0 Å². The Balaban J connectivity index is 1.58. The second-order valence-electron chi connectivity index (χ2n) is 11.9. The van der Waals surface area contributed by atoms with Crippen LogP contribution < -0.4 is 19.1 Å². The van der Waals surface area contributed by atoms with Gasteiger partial charge in [-0.25, -0.2) is 0 Å². The van der Waals surface area contributed by atoms with Crippen molar-refractivity contribution in [2.24, 2.45) is 0 Å². The molecule has 5 rings (SSSR count). The SMILES string of the molecule is COc1c2c(cc3c1[C@@H](CC(=O)c1cc(C(C)(C)C)cc4c1CCC4(C)C)[NH+](C)CC3)OCO2. The number of carbonyl (C=O) groups excluding carboxylic acids is 1. The summed E-state index contributed by atoms with van der Waals surface area (Å²) in [7, 11) is 3.87. The van der Waals surface area contributed by atoms with E-state index in [2.05, 4.69) is 59.9 Å². The number of ether oxygens (including phenoxy) is 3. The zero-order chi connectivity index (χ0) is 24.4. The monoisotopic (exact) mass is 464 g/mol. The minimum atomic E-state index is -0.0106. The normalized spacial score (nSPS) is 22.3. The third-order valence-corrected chi connectivity index (χ3v) is 8.21. The van der Waals surface area contributed by atoms with E-state index in [0.717, 1.165) is 48.4 Å². The smallest absolute Gasteiger partial charge is 0.231 e. The average molecular weight is 465 g/mol. The van der Waals surface area contributed by atoms with Gasteiger partial charge in [0, 0.05) is 12.0 Å². The fraction of sp³-hybridized carbons (Fsp3) is 0.552. The van der Waals surface area contributed by atoms with Crippen LogP contribution in [-0.2, 0) is 23.7 Å². The molecule has 0 amide bonds. The zero-order valence-corrected chi connectivity index (χ0v) is 21.7. The molecule has 1 unspecified atom stereocenters. The molecule has 1 aliphatic carbocycles. The number of nitrogens with one attached hydrogen (secondary N) is 1. The highest BCUT2D eigenvalue weighted by molar-refractivity contribution is 5.99. The van der Waals surface area contributed by atoms with Gasteiger partial charge in [-0.15, -0.1) is 0 Å². The molecular formula is C29H38NO4+. The quantitative estimate of drug-likeness (QED) is 0.685. The first-order valence-electron chi connectivity index (χ1n) is 12.5. The molecule has 0 aromatic heterocycles. The van der Waals surface area contributed by atoms with Crippen molar-refractivity contribution in [2.75, 3.05) is 27.5 Å².